The minimum absolute atomic E-state index is 0.000793. The quantitative estimate of drug-likeness (QED) is 0.554. The molecule has 31 heavy (non-hydrogen) atoms. The van der Waals surface area contributed by atoms with Crippen molar-refractivity contribution in [1.29, 1.82) is 5.26 Å². The van der Waals surface area contributed by atoms with Gasteiger partial charge < -0.3 is 20.4 Å². The molecule has 0 bridgehead atoms. The maximum Gasteiger partial charge on any atom is 0.303 e. The zero-order valence-corrected chi connectivity index (χ0v) is 18.4. The second-order valence-corrected chi connectivity index (χ2v) is 8.80. The number of aliphatic carboxylic acids is 1. The van der Waals surface area contributed by atoms with Gasteiger partial charge >= 0.3 is 5.97 Å². The van der Waals surface area contributed by atoms with Gasteiger partial charge in [-0.15, -0.1) is 0 Å². The Bertz CT molecular complexity index is 957. The Labute approximate surface area is 184 Å². The highest BCUT2D eigenvalue weighted by molar-refractivity contribution is 5.77. The highest BCUT2D eigenvalue weighted by Crippen LogP contribution is 2.39. The fourth-order valence-electron chi connectivity index (χ4n) is 4.44. The predicted molar refractivity (Wildman–Crippen MR) is 123 cm³/mol. The Balaban J connectivity index is 2.02. The van der Waals surface area contributed by atoms with E-state index in [0.717, 1.165) is 48.4 Å². The Hall–Kier alpha value is -3.04. The van der Waals surface area contributed by atoms with Gasteiger partial charge in [-0.05, 0) is 81.0 Å². The Morgan fingerprint density at radius 3 is 2.58 bits per heavy atom. The molecule has 0 saturated carbocycles. The lowest BCUT2D eigenvalue weighted by molar-refractivity contribution is -0.137. The van der Waals surface area contributed by atoms with Crippen LogP contribution in [0.15, 0.2) is 42.5 Å². The molecule has 0 spiro atoms. The molecule has 1 fully saturated rings. The summed E-state index contributed by atoms with van der Waals surface area (Å²) in [6, 6.07) is 15.5. The number of hydrogen-bond acceptors (Lipinski definition) is 5. The van der Waals surface area contributed by atoms with Gasteiger partial charge in [0.25, 0.3) is 0 Å². The molecule has 0 amide bonds. The molecular weight excluding hydrogens is 390 g/mol. The first kappa shape index (κ1) is 22.6. The zero-order chi connectivity index (χ0) is 22.6. The molecule has 2 aromatic rings. The third-order valence-electron chi connectivity index (χ3n) is 6.08. The number of anilines is 3. The van der Waals surface area contributed by atoms with E-state index >= 15 is 0 Å². The molecule has 0 aliphatic carbocycles. The summed E-state index contributed by atoms with van der Waals surface area (Å²) in [5, 5.41) is 32.5. The highest BCUT2D eigenvalue weighted by atomic mass is 16.4. The molecule has 2 aromatic carbocycles. The fourth-order valence-corrected chi connectivity index (χ4v) is 4.44. The molecule has 3 N–H and O–H groups in total. The number of carboxylic acid groups (broad SMARTS) is 1. The van der Waals surface area contributed by atoms with Crippen LogP contribution < -0.4 is 10.2 Å². The molecule has 6 nitrogen and oxygen atoms in total. The lowest BCUT2D eigenvalue weighted by Gasteiger charge is -2.36. The van der Waals surface area contributed by atoms with Crippen molar-refractivity contribution >= 4 is 23.0 Å². The molecule has 1 saturated heterocycles. The van der Waals surface area contributed by atoms with Gasteiger partial charge in [0, 0.05) is 12.2 Å². The van der Waals surface area contributed by atoms with Crippen LogP contribution in [0.2, 0.25) is 0 Å². The normalized spacial score (nSPS) is 17.3. The van der Waals surface area contributed by atoms with Gasteiger partial charge in [-0.2, -0.15) is 5.26 Å². The van der Waals surface area contributed by atoms with Crippen molar-refractivity contribution in [3.63, 3.8) is 0 Å². The maximum atomic E-state index is 11.3. The van der Waals surface area contributed by atoms with Crippen molar-refractivity contribution in [3.8, 4) is 6.07 Å². The van der Waals surface area contributed by atoms with Gasteiger partial charge in [-0.25, -0.2) is 0 Å². The van der Waals surface area contributed by atoms with Crippen LogP contribution in [0, 0.1) is 11.3 Å². The highest BCUT2D eigenvalue weighted by Gasteiger charge is 2.37. The average molecular weight is 422 g/mol. The summed E-state index contributed by atoms with van der Waals surface area (Å²) in [7, 11) is 0. The first-order valence-electron chi connectivity index (χ1n) is 10.8. The minimum Gasteiger partial charge on any atom is -0.481 e. The number of carboxylic acids is 1. The molecule has 3 rings (SSSR count). The van der Waals surface area contributed by atoms with Gasteiger partial charge in [-0.1, -0.05) is 13.0 Å². The SMILES string of the molecule is CC[C@@H](CC(=O)O)c1ccc(N2CCC[C@@H]2C(C)(C)O)c(Nc2ccc(C#N)cc2)c1. The summed E-state index contributed by atoms with van der Waals surface area (Å²) >= 11 is 0. The standard InChI is InChI=1S/C25H31N3O3/c1-4-18(15-24(29)30)19-9-12-22(28-13-5-6-23(28)25(2,3)31)21(14-19)27-20-10-7-17(16-26)8-11-20/h7-12,14,18,23,27,31H,4-6,13,15H2,1-3H3,(H,29,30)/t18-,23+/m0/s1. The Morgan fingerprint density at radius 2 is 2.00 bits per heavy atom. The Morgan fingerprint density at radius 1 is 1.29 bits per heavy atom. The molecule has 0 unspecified atom stereocenters. The van der Waals surface area contributed by atoms with Crippen molar-refractivity contribution in [1.82, 2.24) is 0 Å². The monoisotopic (exact) mass is 421 g/mol. The van der Waals surface area contributed by atoms with E-state index in [0.29, 0.717) is 5.56 Å². The summed E-state index contributed by atoms with van der Waals surface area (Å²) in [6.45, 7) is 6.54. The number of aliphatic hydroxyl groups is 1. The van der Waals surface area contributed by atoms with Crippen LogP contribution >= 0.6 is 0 Å². The molecule has 2 atom stereocenters. The van der Waals surface area contributed by atoms with Gasteiger partial charge in [0.2, 0.25) is 0 Å². The van der Waals surface area contributed by atoms with Crippen LogP contribution in [0.25, 0.3) is 0 Å². The van der Waals surface area contributed by atoms with E-state index in [4.69, 9.17) is 5.26 Å². The zero-order valence-electron chi connectivity index (χ0n) is 18.4. The topological polar surface area (TPSA) is 96.6 Å². The maximum absolute atomic E-state index is 11.3. The lowest BCUT2D eigenvalue weighted by atomic mass is 9.91. The summed E-state index contributed by atoms with van der Waals surface area (Å²) in [5.74, 6) is -0.879. The second kappa shape index (κ2) is 9.40. The van der Waals surface area contributed by atoms with E-state index in [9.17, 15) is 15.0 Å². The number of hydrogen-bond donors (Lipinski definition) is 3. The number of benzene rings is 2. The Kier molecular flexibility index (Phi) is 6.87. The summed E-state index contributed by atoms with van der Waals surface area (Å²) < 4.78 is 0. The van der Waals surface area contributed by atoms with Gasteiger partial charge in [0.15, 0.2) is 0 Å². The molecule has 1 heterocycles. The average Bonchev–Trinajstić information content (AvgIpc) is 3.23. The molecule has 1 aliphatic rings. The molecule has 1 aliphatic heterocycles. The third-order valence-corrected chi connectivity index (χ3v) is 6.08. The van der Waals surface area contributed by atoms with Crippen LogP contribution in [0.4, 0.5) is 17.1 Å². The molecule has 164 valence electrons. The third kappa shape index (κ3) is 5.36. The van der Waals surface area contributed by atoms with E-state index in [-0.39, 0.29) is 18.4 Å². The van der Waals surface area contributed by atoms with Gasteiger partial charge in [-0.3, -0.25) is 4.79 Å². The van der Waals surface area contributed by atoms with Crippen LogP contribution in [0.5, 0.6) is 0 Å². The van der Waals surface area contributed by atoms with Gasteiger partial charge in [0.1, 0.15) is 0 Å². The first-order valence-corrected chi connectivity index (χ1v) is 10.8. The molecule has 0 aromatic heterocycles. The van der Waals surface area contributed by atoms with Crippen LogP contribution in [0.3, 0.4) is 0 Å². The number of rotatable bonds is 8. The molecular formula is C25H31N3O3. The fraction of sp³-hybridized carbons (Fsp3) is 0.440. The lowest BCUT2D eigenvalue weighted by Crippen LogP contribution is -2.46. The second-order valence-electron chi connectivity index (χ2n) is 8.80. The van der Waals surface area contributed by atoms with Crippen molar-refractivity contribution in [2.75, 3.05) is 16.8 Å². The van der Waals surface area contributed by atoms with Crippen molar-refractivity contribution in [2.45, 2.75) is 64.0 Å². The number of nitrogens with zero attached hydrogens (tertiary/aromatic N) is 2. The van der Waals surface area contributed by atoms with Crippen molar-refractivity contribution in [2.24, 2.45) is 0 Å². The van der Waals surface area contributed by atoms with Gasteiger partial charge in [0.05, 0.1) is 41.1 Å². The summed E-state index contributed by atoms with van der Waals surface area (Å²) in [5.41, 5.74) is 3.45. The predicted octanol–water partition coefficient (Wildman–Crippen LogP) is 5.01. The van der Waals surface area contributed by atoms with E-state index < -0.39 is 11.6 Å². The van der Waals surface area contributed by atoms with E-state index in [2.05, 4.69) is 16.3 Å². The van der Waals surface area contributed by atoms with Crippen molar-refractivity contribution in [3.05, 3.63) is 53.6 Å². The van der Waals surface area contributed by atoms with E-state index in [1.54, 1.807) is 12.1 Å². The minimum atomic E-state index is -0.837. The van der Waals surface area contributed by atoms with Crippen molar-refractivity contribution < 1.29 is 15.0 Å². The number of nitriles is 1. The smallest absolute Gasteiger partial charge is 0.303 e. The summed E-state index contributed by atoms with van der Waals surface area (Å²) in [6.07, 6.45) is 2.74. The number of nitrogens with one attached hydrogen (secondary N) is 1. The van der Waals surface area contributed by atoms with Crippen LogP contribution in [-0.2, 0) is 4.79 Å². The molecule has 0 radical (unpaired) electrons. The largest absolute Gasteiger partial charge is 0.481 e. The first-order chi connectivity index (χ1) is 14.7. The van der Waals surface area contributed by atoms with Crippen LogP contribution in [0.1, 0.15) is 63.5 Å². The summed E-state index contributed by atoms with van der Waals surface area (Å²) in [4.78, 5) is 13.6. The van der Waals surface area contributed by atoms with E-state index in [1.807, 2.05) is 51.1 Å². The number of carbonyl (C=O) groups is 1. The van der Waals surface area contributed by atoms with E-state index in [1.165, 1.54) is 0 Å². The molecule has 6 heteroatoms. The van der Waals surface area contributed by atoms with Crippen LogP contribution in [-0.4, -0.2) is 34.4 Å².